The Morgan fingerprint density at radius 3 is 2.29 bits per heavy atom. The van der Waals surface area contributed by atoms with Gasteiger partial charge in [-0.1, -0.05) is 18.2 Å². The van der Waals surface area contributed by atoms with Crippen LogP contribution in [0.25, 0.3) is 22.4 Å². The van der Waals surface area contributed by atoms with Crippen LogP contribution in [0.2, 0.25) is 0 Å². The van der Waals surface area contributed by atoms with Crippen LogP contribution < -0.4 is 5.73 Å². The van der Waals surface area contributed by atoms with Gasteiger partial charge in [0, 0.05) is 11.1 Å². The van der Waals surface area contributed by atoms with Crippen molar-refractivity contribution in [2.24, 2.45) is 0 Å². The van der Waals surface area contributed by atoms with E-state index in [-0.39, 0.29) is 33.8 Å². The summed E-state index contributed by atoms with van der Waals surface area (Å²) in [5.41, 5.74) is 6.71. The number of nitrogens with zero attached hydrogens (tertiary/aromatic N) is 2. The fourth-order valence-electron chi connectivity index (χ4n) is 2.38. The number of hydrogen-bond acceptors (Lipinski definition) is 3. The van der Waals surface area contributed by atoms with Gasteiger partial charge in [0.05, 0.1) is 5.69 Å². The quantitative estimate of drug-likeness (QED) is 0.764. The third-order valence-corrected chi connectivity index (χ3v) is 3.54. The average Bonchev–Trinajstić information content (AvgIpc) is 2.57. The topological polar surface area (TPSA) is 62.7 Å². The van der Waals surface area contributed by atoms with Crippen molar-refractivity contribution in [3.05, 3.63) is 71.5 Å². The van der Waals surface area contributed by atoms with Gasteiger partial charge < -0.3 is 5.73 Å². The zero-order valence-corrected chi connectivity index (χ0v) is 12.2. The minimum atomic E-state index is -1.06. The summed E-state index contributed by atoms with van der Waals surface area (Å²) in [5, 5.41) is 9.29. The molecule has 1 aromatic heterocycles. The molecule has 0 aliphatic carbocycles. The second-order valence-corrected chi connectivity index (χ2v) is 5.04. The Kier molecular flexibility index (Phi) is 3.92. The number of halogens is 3. The monoisotopic (exact) mass is 325 g/mol. The molecule has 118 valence electrons. The van der Waals surface area contributed by atoms with Crippen LogP contribution in [0, 0.1) is 28.8 Å². The van der Waals surface area contributed by atoms with Crippen molar-refractivity contribution in [3.63, 3.8) is 0 Å². The molecule has 1 heterocycles. The van der Waals surface area contributed by atoms with Crippen molar-refractivity contribution in [2.75, 3.05) is 5.73 Å². The van der Waals surface area contributed by atoms with Crippen molar-refractivity contribution in [3.8, 4) is 28.5 Å². The number of aromatic nitrogens is 1. The standard InChI is InChI=1S/C18H10F3N3/c19-14-4-2-1-3-11(14)17-8-12(13(9-22)18(23)24-17)10-5-6-15(20)16(21)7-10/h1-8H,(H2,23,24). The lowest BCUT2D eigenvalue weighted by molar-refractivity contribution is 0.509. The molecule has 0 atom stereocenters. The summed E-state index contributed by atoms with van der Waals surface area (Å²) in [5.74, 6) is -2.68. The second kappa shape index (κ2) is 6.05. The predicted molar refractivity (Wildman–Crippen MR) is 84.1 cm³/mol. The van der Waals surface area contributed by atoms with Crippen LogP contribution in [0.5, 0.6) is 0 Å². The summed E-state index contributed by atoms with van der Waals surface area (Å²) in [6.45, 7) is 0. The van der Waals surface area contributed by atoms with E-state index in [2.05, 4.69) is 4.98 Å². The molecule has 3 nitrogen and oxygen atoms in total. The van der Waals surface area contributed by atoms with Gasteiger partial charge in [-0.3, -0.25) is 0 Å². The van der Waals surface area contributed by atoms with Gasteiger partial charge in [0.25, 0.3) is 0 Å². The third kappa shape index (κ3) is 2.68. The van der Waals surface area contributed by atoms with Gasteiger partial charge in [0.2, 0.25) is 0 Å². The summed E-state index contributed by atoms with van der Waals surface area (Å²) in [4.78, 5) is 4.05. The van der Waals surface area contributed by atoms with Gasteiger partial charge in [0.15, 0.2) is 11.6 Å². The van der Waals surface area contributed by atoms with E-state index < -0.39 is 17.5 Å². The number of nitrogens with two attached hydrogens (primary N) is 1. The van der Waals surface area contributed by atoms with Crippen LogP contribution in [0.15, 0.2) is 48.5 Å². The maximum absolute atomic E-state index is 14.0. The maximum atomic E-state index is 14.0. The first-order valence-corrected chi connectivity index (χ1v) is 6.92. The number of nitriles is 1. The van der Waals surface area contributed by atoms with E-state index in [0.29, 0.717) is 0 Å². The van der Waals surface area contributed by atoms with Crippen LogP contribution >= 0.6 is 0 Å². The Hall–Kier alpha value is -3.33. The van der Waals surface area contributed by atoms with E-state index in [9.17, 15) is 18.4 Å². The summed E-state index contributed by atoms with van der Waals surface area (Å²) in [6.07, 6.45) is 0. The molecular weight excluding hydrogens is 315 g/mol. The zero-order chi connectivity index (χ0) is 17.3. The Morgan fingerprint density at radius 1 is 0.875 bits per heavy atom. The van der Waals surface area contributed by atoms with Gasteiger partial charge in [-0.25, -0.2) is 18.2 Å². The van der Waals surface area contributed by atoms with E-state index in [0.717, 1.165) is 12.1 Å². The highest BCUT2D eigenvalue weighted by atomic mass is 19.2. The Balaban J connectivity index is 2.27. The SMILES string of the molecule is N#Cc1c(-c2ccc(F)c(F)c2)cc(-c2ccccc2F)nc1N. The number of anilines is 1. The normalized spacial score (nSPS) is 10.4. The fourth-order valence-corrected chi connectivity index (χ4v) is 2.38. The highest BCUT2D eigenvalue weighted by Gasteiger charge is 2.16. The van der Waals surface area contributed by atoms with Crippen molar-refractivity contribution < 1.29 is 13.2 Å². The molecule has 0 aliphatic rings. The molecule has 24 heavy (non-hydrogen) atoms. The Morgan fingerprint density at radius 2 is 1.62 bits per heavy atom. The van der Waals surface area contributed by atoms with Crippen LogP contribution in [-0.2, 0) is 0 Å². The van der Waals surface area contributed by atoms with Gasteiger partial charge >= 0.3 is 0 Å². The molecule has 0 fully saturated rings. The molecule has 0 unspecified atom stereocenters. The molecule has 0 saturated carbocycles. The summed E-state index contributed by atoms with van der Waals surface area (Å²) >= 11 is 0. The van der Waals surface area contributed by atoms with Crippen molar-refractivity contribution >= 4 is 5.82 Å². The number of nitrogen functional groups attached to an aromatic ring is 1. The first-order valence-electron chi connectivity index (χ1n) is 6.92. The van der Waals surface area contributed by atoms with E-state index in [4.69, 9.17) is 5.73 Å². The Bertz CT molecular complexity index is 978. The van der Waals surface area contributed by atoms with Gasteiger partial charge in [-0.05, 0) is 35.9 Å². The van der Waals surface area contributed by atoms with Crippen LogP contribution in [0.1, 0.15) is 5.56 Å². The maximum Gasteiger partial charge on any atom is 0.159 e. The van der Waals surface area contributed by atoms with Gasteiger partial charge in [0.1, 0.15) is 23.3 Å². The van der Waals surface area contributed by atoms with Crippen LogP contribution in [-0.4, -0.2) is 4.98 Å². The van der Waals surface area contributed by atoms with Gasteiger partial charge in [-0.15, -0.1) is 0 Å². The minimum absolute atomic E-state index is 0.0149. The third-order valence-electron chi connectivity index (χ3n) is 3.54. The van der Waals surface area contributed by atoms with Gasteiger partial charge in [-0.2, -0.15) is 5.26 Å². The first kappa shape index (κ1) is 15.6. The summed E-state index contributed by atoms with van der Waals surface area (Å²) < 4.78 is 40.7. The molecule has 3 rings (SSSR count). The zero-order valence-electron chi connectivity index (χ0n) is 12.2. The predicted octanol–water partition coefficient (Wildman–Crippen LogP) is 4.29. The van der Waals surface area contributed by atoms with Crippen LogP contribution in [0.4, 0.5) is 19.0 Å². The highest BCUT2D eigenvalue weighted by Crippen LogP contribution is 2.32. The van der Waals surface area contributed by atoms with E-state index >= 15 is 0 Å². The van der Waals surface area contributed by atoms with E-state index in [1.54, 1.807) is 6.07 Å². The van der Waals surface area contributed by atoms with Crippen LogP contribution in [0.3, 0.4) is 0 Å². The molecule has 2 aromatic carbocycles. The molecule has 0 radical (unpaired) electrons. The molecule has 0 amide bonds. The number of pyridine rings is 1. The van der Waals surface area contributed by atoms with E-state index in [1.807, 2.05) is 6.07 Å². The minimum Gasteiger partial charge on any atom is -0.383 e. The van der Waals surface area contributed by atoms with E-state index in [1.165, 1.54) is 30.3 Å². The smallest absolute Gasteiger partial charge is 0.159 e. The lowest BCUT2D eigenvalue weighted by Crippen LogP contribution is -2.01. The number of rotatable bonds is 2. The second-order valence-electron chi connectivity index (χ2n) is 5.04. The highest BCUT2D eigenvalue weighted by molar-refractivity contribution is 5.80. The van der Waals surface area contributed by atoms with Crippen molar-refractivity contribution in [1.29, 1.82) is 5.26 Å². The summed E-state index contributed by atoms with van der Waals surface area (Å²) in [6, 6.07) is 12.5. The molecule has 0 spiro atoms. The fraction of sp³-hybridized carbons (Fsp3) is 0. The Labute approximate surface area is 135 Å². The molecule has 0 bridgehead atoms. The number of hydrogen-bond donors (Lipinski definition) is 1. The lowest BCUT2D eigenvalue weighted by atomic mass is 9.98. The molecule has 0 aliphatic heterocycles. The van der Waals surface area contributed by atoms with Crippen molar-refractivity contribution in [1.82, 2.24) is 4.98 Å². The summed E-state index contributed by atoms with van der Waals surface area (Å²) in [7, 11) is 0. The molecular formula is C18H10F3N3. The molecule has 3 aromatic rings. The van der Waals surface area contributed by atoms with Crippen molar-refractivity contribution in [2.45, 2.75) is 0 Å². The first-order chi connectivity index (χ1) is 11.5. The molecule has 0 saturated heterocycles. The number of benzene rings is 2. The average molecular weight is 325 g/mol. The largest absolute Gasteiger partial charge is 0.383 e. The lowest BCUT2D eigenvalue weighted by Gasteiger charge is -2.11. The molecule has 6 heteroatoms. The molecule has 2 N–H and O–H groups in total.